The highest BCUT2D eigenvalue weighted by molar-refractivity contribution is 5.96. The smallest absolute Gasteiger partial charge is 0.230 e. The van der Waals surface area contributed by atoms with Gasteiger partial charge in [0.05, 0.1) is 12.1 Å². The van der Waals surface area contributed by atoms with Crippen LogP contribution in [0.3, 0.4) is 0 Å². The van der Waals surface area contributed by atoms with Crippen LogP contribution in [0.2, 0.25) is 0 Å². The average molecular weight is 354 g/mol. The first kappa shape index (κ1) is 16.7. The lowest BCUT2D eigenvalue weighted by Gasteiger charge is -2.06. The van der Waals surface area contributed by atoms with Crippen LogP contribution in [0.25, 0.3) is 28.1 Å². The van der Waals surface area contributed by atoms with Crippen molar-refractivity contribution in [1.29, 1.82) is 0 Å². The molecule has 0 bridgehead atoms. The minimum Gasteiger partial charge on any atom is -0.309 e. The molecule has 0 saturated carbocycles. The first-order chi connectivity index (χ1) is 13.2. The summed E-state index contributed by atoms with van der Waals surface area (Å²) in [4.78, 5) is 16.7. The molecule has 4 rings (SSSR count). The quantitative estimate of drug-likeness (QED) is 0.556. The van der Waals surface area contributed by atoms with Gasteiger partial charge >= 0.3 is 0 Å². The fraction of sp³-hybridized carbons (Fsp3) is 0.0455. The summed E-state index contributed by atoms with van der Waals surface area (Å²) in [5.74, 6) is 0.376. The van der Waals surface area contributed by atoms with Gasteiger partial charge in [0.1, 0.15) is 0 Å². The number of aromatic nitrogens is 3. The molecular formula is C22H18N4O. The Morgan fingerprint density at radius 2 is 1.96 bits per heavy atom. The minimum atomic E-state index is -0.109. The molecule has 0 aliphatic heterocycles. The number of carbonyl (C=O) groups is 1. The van der Waals surface area contributed by atoms with Crippen LogP contribution in [-0.2, 0) is 11.2 Å². The number of benzene rings is 2. The Morgan fingerprint density at radius 3 is 2.85 bits per heavy atom. The van der Waals surface area contributed by atoms with Crippen LogP contribution in [0, 0.1) is 0 Å². The Bertz CT molecular complexity index is 1120. The zero-order valence-corrected chi connectivity index (χ0v) is 14.6. The Hall–Kier alpha value is -3.73. The summed E-state index contributed by atoms with van der Waals surface area (Å²) < 4.78 is 0. The molecule has 0 unspecified atom stereocenters. The van der Waals surface area contributed by atoms with Gasteiger partial charge in [0.25, 0.3) is 0 Å². The number of nitrogens with zero attached hydrogens (tertiary/aromatic N) is 2. The van der Waals surface area contributed by atoms with Crippen molar-refractivity contribution in [2.45, 2.75) is 6.42 Å². The first-order valence-corrected chi connectivity index (χ1v) is 8.63. The largest absolute Gasteiger partial charge is 0.309 e. The molecule has 2 N–H and O–H groups in total. The lowest BCUT2D eigenvalue weighted by atomic mass is 10.0. The van der Waals surface area contributed by atoms with Gasteiger partial charge in [-0.25, -0.2) is 0 Å². The van der Waals surface area contributed by atoms with E-state index in [2.05, 4.69) is 27.1 Å². The van der Waals surface area contributed by atoms with Gasteiger partial charge in [-0.2, -0.15) is 5.10 Å². The molecule has 4 aromatic rings. The molecule has 5 heteroatoms. The number of pyridine rings is 1. The monoisotopic (exact) mass is 354 g/mol. The maximum Gasteiger partial charge on any atom is 0.230 e. The Labute approximate surface area is 156 Å². The molecule has 2 aromatic heterocycles. The van der Waals surface area contributed by atoms with E-state index in [1.165, 1.54) is 0 Å². The Morgan fingerprint density at radius 1 is 1.11 bits per heavy atom. The molecule has 0 aliphatic carbocycles. The third-order valence-electron chi connectivity index (χ3n) is 4.38. The van der Waals surface area contributed by atoms with Gasteiger partial charge in [-0.1, -0.05) is 55.1 Å². The molecule has 0 saturated heterocycles. The van der Waals surface area contributed by atoms with Crippen molar-refractivity contribution in [3.63, 3.8) is 0 Å². The van der Waals surface area contributed by atoms with Crippen LogP contribution >= 0.6 is 0 Å². The highest BCUT2D eigenvalue weighted by Gasteiger charge is 2.10. The zero-order valence-electron chi connectivity index (χ0n) is 14.6. The second-order valence-electron chi connectivity index (χ2n) is 6.24. The van der Waals surface area contributed by atoms with E-state index in [0.29, 0.717) is 5.82 Å². The van der Waals surface area contributed by atoms with E-state index < -0.39 is 0 Å². The minimum absolute atomic E-state index is 0.109. The van der Waals surface area contributed by atoms with Crippen LogP contribution in [0.4, 0.5) is 5.82 Å². The number of amides is 1. The van der Waals surface area contributed by atoms with Crippen LogP contribution < -0.4 is 5.32 Å². The summed E-state index contributed by atoms with van der Waals surface area (Å²) in [5.41, 5.74) is 3.58. The first-order valence-electron chi connectivity index (χ1n) is 8.63. The third-order valence-corrected chi connectivity index (χ3v) is 4.38. The number of rotatable bonds is 5. The van der Waals surface area contributed by atoms with Crippen molar-refractivity contribution in [2.24, 2.45) is 0 Å². The molecule has 0 spiro atoms. The Balaban J connectivity index is 1.50. The van der Waals surface area contributed by atoms with Crippen LogP contribution in [0.1, 0.15) is 11.1 Å². The van der Waals surface area contributed by atoms with Crippen LogP contribution in [0.15, 0.2) is 73.6 Å². The second kappa shape index (κ2) is 7.25. The van der Waals surface area contributed by atoms with Gasteiger partial charge in [-0.3, -0.25) is 14.9 Å². The number of H-pyrrole nitrogens is 1. The number of aromatic amines is 1. The van der Waals surface area contributed by atoms with Gasteiger partial charge in [0.15, 0.2) is 5.82 Å². The van der Waals surface area contributed by atoms with E-state index >= 15 is 0 Å². The van der Waals surface area contributed by atoms with Crippen molar-refractivity contribution in [2.75, 3.05) is 5.32 Å². The number of nitrogens with one attached hydrogen (secondary N) is 2. The van der Waals surface area contributed by atoms with E-state index in [-0.39, 0.29) is 12.3 Å². The van der Waals surface area contributed by atoms with E-state index in [1.54, 1.807) is 24.5 Å². The summed E-state index contributed by atoms with van der Waals surface area (Å²) in [6, 6.07) is 17.8. The number of fused-ring (bicyclic) bond motifs is 1. The second-order valence-corrected chi connectivity index (χ2v) is 6.24. The predicted molar refractivity (Wildman–Crippen MR) is 108 cm³/mol. The van der Waals surface area contributed by atoms with E-state index in [4.69, 9.17) is 0 Å². The van der Waals surface area contributed by atoms with Crippen molar-refractivity contribution in [3.05, 3.63) is 84.7 Å². The zero-order chi connectivity index (χ0) is 18.6. The number of carbonyl (C=O) groups excluding carboxylic acids is 1. The van der Waals surface area contributed by atoms with Gasteiger partial charge in [0, 0.05) is 24.0 Å². The standard InChI is InChI=1S/C22H18N4O/c1-2-15-10-18(14-23-13-15)20-12-21(26-25-20)24-22(27)11-17-8-5-7-16-6-3-4-9-19(16)17/h2-10,12-14H,1,11H2,(H2,24,25,26,27). The summed E-state index contributed by atoms with van der Waals surface area (Å²) in [7, 11) is 0. The maximum absolute atomic E-state index is 12.5. The third kappa shape index (κ3) is 3.62. The summed E-state index contributed by atoms with van der Waals surface area (Å²) in [6.45, 7) is 3.75. The van der Waals surface area contributed by atoms with Crippen molar-refractivity contribution >= 4 is 28.6 Å². The molecule has 0 fully saturated rings. The Kier molecular flexibility index (Phi) is 4.49. The molecule has 2 heterocycles. The van der Waals surface area contributed by atoms with Crippen molar-refractivity contribution < 1.29 is 4.79 Å². The lowest BCUT2D eigenvalue weighted by Crippen LogP contribution is -2.14. The number of anilines is 1. The molecule has 0 atom stereocenters. The van der Waals surface area contributed by atoms with E-state index in [9.17, 15) is 4.79 Å². The fourth-order valence-corrected chi connectivity index (χ4v) is 3.06. The highest BCUT2D eigenvalue weighted by atomic mass is 16.1. The molecule has 1 amide bonds. The van der Waals surface area contributed by atoms with Gasteiger partial charge in [0.2, 0.25) is 5.91 Å². The normalized spacial score (nSPS) is 10.7. The molecule has 132 valence electrons. The topological polar surface area (TPSA) is 70.7 Å². The summed E-state index contributed by atoms with van der Waals surface area (Å²) in [6.07, 6.45) is 5.50. The molecule has 27 heavy (non-hydrogen) atoms. The van der Waals surface area contributed by atoms with Crippen LogP contribution in [0.5, 0.6) is 0 Å². The molecule has 0 aliphatic rings. The fourth-order valence-electron chi connectivity index (χ4n) is 3.06. The molecule has 2 aromatic carbocycles. The van der Waals surface area contributed by atoms with Gasteiger partial charge in [-0.15, -0.1) is 0 Å². The van der Waals surface area contributed by atoms with Crippen LogP contribution in [-0.4, -0.2) is 21.1 Å². The average Bonchev–Trinajstić information content (AvgIpc) is 3.17. The predicted octanol–water partition coefficient (Wildman–Crippen LogP) is 4.45. The van der Waals surface area contributed by atoms with Gasteiger partial charge in [-0.05, 0) is 28.0 Å². The van der Waals surface area contributed by atoms with Crippen molar-refractivity contribution in [3.8, 4) is 11.3 Å². The van der Waals surface area contributed by atoms with Gasteiger partial charge < -0.3 is 5.32 Å². The maximum atomic E-state index is 12.5. The summed E-state index contributed by atoms with van der Waals surface area (Å²) >= 11 is 0. The number of hydrogen-bond acceptors (Lipinski definition) is 3. The molecule has 0 radical (unpaired) electrons. The molecular weight excluding hydrogens is 336 g/mol. The summed E-state index contributed by atoms with van der Waals surface area (Å²) in [5, 5.41) is 12.2. The molecule has 5 nitrogen and oxygen atoms in total. The van der Waals surface area contributed by atoms with E-state index in [1.807, 2.05) is 48.5 Å². The number of hydrogen-bond donors (Lipinski definition) is 2. The van der Waals surface area contributed by atoms with E-state index in [0.717, 1.165) is 33.2 Å². The highest BCUT2D eigenvalue weighted by Crippen LogP contribution is 2.22. The lowest BCUT2D eigenvalue weighted by molar-refractivity contribution is -0.115. The SMILES string of the molecule is C=Cc1cncc(-c2cc(NC(=O)Cc3cccc4ccccc34)n[nH]2)c1. The van der Waals surface area contributed by atoms with Crippen molar-refractivity contribution in [1.82, 2.24) is 15.2 Å².